The van der Waals surface area contributed by atoms with E-state index in [1.807, 2.05) is 32.0 Å². The number of fused-ring (bicyclic) bond motifs is 1. The molecule has 1 saturated carbocycles. The first-order chi connectivity index (χ1) is 13.5. The zero-order valence-corrected chi connectivity index (χ0v) is 16.4. The van der Waals surface area contributed by atoms with Crippen LogP contribution in [-0.2, 0) is 11.3 Å². The molecule has 146 valence electrons. The Morgan fingerprint density at radius 3 is 2.68 bits per heavy atom. The molecule has 28 heavy (non-hydrogen) atoms. The van der Waals surface area contributed by atoms with Gasteiger partial charge in [0.05, 0.1) is 11.1 Å². The minimum Gasteiger partial charge on any atom is -0.352 e. The Hall–Kier alpha value is -2.89. The van der Waals surface area contributed by atoms with E-state index in [2.05, 4.69) is 10.3 Å². The first-order valence-corrected chi connectivity index (χ1v) is 9.98. The Kier molecular flexibility index (Phi) is 5.03. The van der Waals surface area contributed by atoms with Gasteiger partial charge in [-0.3, -0.25) is 14.3 Å². The van der Waals surface area contributed by atoms with E-state index in [4.69, 9.17) is 0 Å². The molecule has 6 nitrogen and oxygen atoms in total. The summed E-state index contributed by atoms with van der Waals surface area (Å²) in [5, 5.41) is 3.66. The van der Waals surface area contributed by atoms with Crippen LogP contribution in [0.5, 0.6) is 0 Å². The van der Waals surface area contributed by atoms with Crippen LogP contribution in [-0.4, -0.2) is 26.3 Å². The molecule has 2 aromatic heterocycles. The molecule has 0 radical (unpaired) electrons. The van der Waals surface area contributed by atoms with Crippen molar-refractivity contribution in [2.45, 2.75) is 58.5 Å². The third-order valence-electron chi connectivity index (χ3n) is 5.69. The molecule has 1 amide bonds. The highest BCUT2D eigenvalue weighted by atomic mass is 16.2. The Morgan fingerprint density at radius 1 is 1.14 bits per heavy atom. The predicted octanol–water partition coefficient (Wildman–Crippen LogP) is 3.25. The summed E-state index contributed by atoms with van der Waals surface area (Å²) in [4.78, 5) is 30.2. The van der Waals surface area contributed by atoms with Gasteiger partial charge in [0, 0.05) is 12.2 Å². The molecule has 2 heterocycles. The van der Waals surface area contributed by atoms with Crippen molar-refractivity contribution in [3.8, 4) is 5.69 Å². The summed E-state index contributed by atoms with van der Waals surface area (Å²) in [6.07, 6.45) is 7.27. The van der Waals surface area contributed by atoms with Gasteiger partial charge in [-0.1, -0.05) is 25.3 Å². The third-order valence-corrected chi connectivity index (χ3v) is 5.69. The molecular weight excluding hydrogens is 352 g/mol. The summed E-state index contributed by atoms with van der Waals surface area (Å²) in [6.45, 7) is 4.13. The fraction of sp³-hybridized carbons (Fsp3) is 0.409. The molecule has 0 bridgehead atoms. The van der Waals surface area contributed by atoms with Crippen molar-refractivity contribution in [1.29, 1.82) is 0 Å². The number of nitrogens with one attached hydrogen (secondary N) is 1. The molecule has 0 unspecified atom stereocenters. The number of amides is 1. The fourth-order valence-electron chi connectivity index (χ4n) is 4.00. The number of carbonyl (C=O) groups excluding carboxylic acids is 1. The van der Waals surface area contributed by atoms with E-state index in [0.29, 0.717) is 11.0 Å². The maximum Gasteiger partial charge on any atom is 0.280 e. The van der Waals surface area contributed by atoms with Gasteiger partial charge in [0.2, 0.25) is 5.91 Å². The highest BCUT2D eigenvalue weighted by molar-refractivity contribution is 5.80. The highest BCUT2D eigenvalue weighted by Gasteiger charge is 2.20. The van der Waals surface area contributed by atoms with Gasteiger partial charge in [0.25, 0.3) is 5.56 Å². The fourth-order valence-corrected chi connectivity index (χ4v) is 4.00. The second kappa shape index (κ2) is 7.62. The van der Waals surface area contributed by atoms with Crippen molar-refractivity contribution in [1.82, 2.24) is 19.7 Å². The van der Waals surface area contributed by atoms with Crippen molar-refractivity contribution >= 4 is 16.9 Å². The lowest BCUT2D eigenvalue weighted by Crippen LogP contribution is -2.39. The van der Waals surface area contributed by atoms with Crippen LogP contribution in [0.15, 0.2) is 41.3 Å². The predicted molar refractivity (Wildman–Crippen MR) is 110 cm³/mol. The topological polar surface area (TPSA) is 68.9 Å². The number of aryl methyl sites for hydroxylation is 2. The van der Waals surface area contributed by atoms with Crippen molar-refractivity contribution in [2.24, 2.45) is 0 Å². The van der Waals surface area contributed by atoms with Crippen molar-refractivity contribution in [3.05, 3.63) is 58.0 Å². The summed E-state index contributed by atoms with van der Waals surface area (Å²) in [5.74, 6) is -0.0768. The molecule has 1 N–H and O–H groups in total. The second-order valence-electron chi connectivity index (χ2n) is 7.72. The van der Waals surface area contributed by atoms with Gasteiger partial charge >= 0.3 is 0 Å². The van der Waals surface area contributed by atoms with Gasteiger partial charge in [0.15, 0.2) is 5.65 Å². The van der Waals surface area contributed by atoms with Gasteiger partial charge in [0.1, 0.15) is 6.54 Å². The van der Waals surface area contributed by atoms with E-state index >= 15 is 0 Å². The average Bonchev–Trinajstić information content (AvgIpc) is 2.97. The van der Waals surface area contributed by atoms with Gasteiger partial charge in [-0.2, -0.15) is 0 Å². The molecule has 0 saturated heterocycles. The lowest BCUT2D eigenvalue weighted by molar-refractivity contribution is -0.122. The van der Waals surface area contributed by atoms with E-state index in [0.717, 1.165) is 42.5 Å². The van der Waals surface area contributed by atoms with Crippen molar-refractivity contribution in [2.75, 3.05) is 0 Å². The van der Waals surface area contributed by atoms with E-state index in [1.165, 1.54) is 6.42 Å². The van der Waals surface area contributed by atoms with E-state index in [9.17, 15) is 9.59 Å². The smallest absolute Gasteiger partial charge is 0.280 e. The summed E-state index contributed by atoms with van der Waals surface area (Å²) in [7, 11) is 0. The first-order valence-electron chi connectivity index (χ1n) is 9.98. The molecule has 6 heteroatoms. The molecule has 1 aromatic carbocycles. The van der Waals surface area contributed by atoms with Crippen LogP contribution in [0, 0.1) is 13.8 Å². The number of carbonyl (C=O) groups is 1. The molecule has 0 atom stereocenters. The summed E-state index contributed by atoms with van der Waals surface area (Å²) >= 11 is 0. The molecule has 0 spiro atoms. The van der Waals surface area contributed by atoms with E-state index in [1.54, 1.807) is 27.7 Å². The molecule has 4 rings (SSSR count). The number of aromatic nitrogens is 3. The standard InChI is InChI=1S/C22H26N4O2/c1-15-10-11-18(13-16(15)2)26-22(28)19-9-6-12-23-21(19)25(26)14-20(27)24-17-7-4-3-5-8-17/h6,9-13,17H,3-5,7-8,14H2,1-2H3,(H,24,27). The number of nitrogens with zero attached hydrogens (tertiary/aromatic N) is 3. The molecular formula is C22H26N4O2. The number of benzene rings is 1. The number of hydrogen-bond acceptors (Lipinski definition) is 3. The highest BCUT2D eigenvalue weighted by Crippen LogP contribution is 2.19. The number of hydrogen-bond donors (Lipinski definition) is 1. The molecule has 1 aliphatic rings. The van der Waals surface area contributed by atoms with E-state index < -0.39 is 0 Å². The monoisotopic (exact) mass is 378 g/mol. The van der Waals surface area contributed by atoms with Gasteiger partial charge in [-0.15, -0.1) is 0 Å². The maximum absolute atomic E-state index is 13.1. The SMILES string of the molecule is Cc1ccc(-n2c(=O)c3cccnc3n2CC(=O)NC2CCCCC2)cc1C. The van der Waals surface area contributed by atoms with Crippen LogP contribution >= 0.6 is 0 Å². The molecule has 3 aromatic rings. The van der Waals surface area contributed by atoms with Crippen LogP contribution in [0.1, 0.15) is 43.2 Å². The van der Waals surface area contributed by atoms with Gasteiger partial charge in [-0.25, -0.2) is 9.67 Å². The van der Waals surface area contributed by atoms with Crippen LogP contribution in [0.25, 0.3) is 16.7 Å². The number of rotatable bonds is 4. The van der Waals surface area contributed by atoms with Crippen LogP contribution in [0.3, 0.4) is 0 Å². The van der Waals surface area contributed by atoms with E-state index in [-0.39, 0.29) is 24.1 Å². The minimum atomic E-state index is -0.156. The zero-order valence-electron chi connectivity index (χ0n) is 16.4. The molecule has 1 fully saturated rings. The summed E-state index contributed by atoms with van der Waals surface area (Å²) < 4.78 is 3.27. The van der Waals surface area contributed by atoms with Gasteiger partial charge in [-0.05, 0) is 62.1 Å². The number of pyridine rings is 1. The zero-order chi connectivity index (χ0) is 19.7. The summed E-state index contributed by atoms with van der Waals surface area (Å²) in [5.41, 5.74) is 3.38. The quantitative estimate of drug-likeness (QED) is 0.758. The lowest BCUT2D eigenvalue weighted by Gasteiger charge is -2.23. The average molecular weight is 378 g/mol. The van der Waals surface area contributed by atoms with Crippen LogP contribution in [0.2, 0.25) is 0 Å². The van der Waals surface area contributed by atoms with Crippen molar-refractivity contribution in [3.63, 3.8) is 0 Å². The summed E-state index contributed by atoms with van der Waals surface area (Å²) in [6, 6.07) is 9.63. The normalized spacial score (nSPS) is 15.1. The Morgan fingerprint density at radius 2 is 1.93 bits per heavy atom. The third kappa shape index (κ3) is 3.46. The van der Waals surface area contributed by atoms with Gasteiger partial charge < -0.3 is 5.32 Å². The van der Waals surface area contributed by atoms with Crippen molar-refractivity contribution < 1.29 is 4.79 Å². The minimum absolute atomic E-state index is 0.0686. The maximum atomic E-state index is 13.1. The Bertz CT molecular complexity index is 1070. The molecule has 1 aliphatic carbocycles. The van der Waals surface area contributed by atoms with Crippen LogP contribution in [0.4, 0.5) is 0 Å². The second-order valence-corrected chi connectivity index (χ2v) is 7.72. The molecule has 0 aliphatic heterocycles. The lowest BCUT2D eigenvalue weighted by atomic mass is 9.95. The first kappa shape index (κ1) is 18.5. The largest absolute Gasteiger partial charge is 0.352 e. The Balaban J connectivity index is 1.74. The van der Waals surface area contributed by atoms with Crippen LogP contribution < -0.4 is 10.9 Å². The Labute approximate surface area is 164 Å².